The zero-order valence-corrected chi connectivity index (χ0v) is 9.96. The summed E-state index contributed by atoms with van der Waals surface area (Å²) in [4.78, 5) is 14.2. The Bertz CT molecular complexity index is 396. The molecule has 1 aromatic rings. The van der Waals surface area contributed by atoms with Crippen LogP contribution in [0.5, 0.6) is 0 Å². The van der Waals surface area contributed by atoms with E-state index in [0.717, 1.165) is 0 Å². The van der Waals surface area contributed by atoms with Crippen LogP contribution in [0.4, 0.5) is 8.78 Å². The normalized spacial score (nSPS) is 10.7. The van der Waals surface area contributed by atoms with Crippen LogP contribution in [0.15, 0.2) is 6.07 Å². The van der Waals surface area contributed by atoms with E-state index < -0.39 is 12.4 Å². The molecule has 1 heterocycles. The SMILES string of the molecule is Cc1c(CC(=O)O)cc(I)nc1C(F)F. The van der Waals surface area contributed by atoms with Crippen LogP contribution in [0.3, 0.4) is 0 Å². The highest BCUT2D eigenvalue weighted by Gasteiger charge is 2.17. The van der Waals surface area contributed by atoms with E-state index in [-0.39, 0.29) is 17.7 Å². The summed E-state index contributed by atoms with van der Waals surface area (Å²) in [7, 11) is 0. The lowest BCUT2D eigenvalue weighted by molar-refractivity contribution is -0.136. The lowest BCUT2D eigenvalue weighted by atomic mass is 10.1. The van der Waals surface area contributed by atoms with Crippen molar-refractivity contribution in [2.75, 3.05) is 0 Å². The fourth-order valence-corrected chi connectivity index (χ4v) is 1.84. The van der Waals surface area contributed by atoms with Crippen LogP contribution in [0, 0.1) is 10.6 Å². The third-order valence-corrected chi connectivity index (χ3v) is 2.49. The molecule has 1 aromatic heterocycles. The molecule has 0 aromatic carbocycles. The van der Waals surface area contributed by atoms with Crippen LogP contribution >= 0.6 is 22.6 Å². The number of carboxylic acid groups (broad SMARTS) is 1. The molecule has 6 heteroatoms. The number of hydrogen-bond donors (Lipinski definition) is 1. The maximum atomic E-state index is 12.5. The minimum atomic E-state index is -2.67. The average Bonchev–Trinajstić information content (AvgIpc) is 2.09. The molecule has 0 unspecified atom stereocenters. The highest BCUT2D eigenvalue weighted by atomic mass is 127. The first-order valence-electron chi connectivity index (χ1n) is 4.07. The second kappa shape index (κ2) is 4.82. The van der Waals surface area contributed by atoms with E-state index in [9.17, 15) is 13.6 Å². The van der Waals surface area contributed by atoms with Crippen LogP contribution in [0.1, 0.15) is 23.2 Å². The Morgan fingerprint density at radius 2 is 2.27 bits per heavy atom. The molecule has 3 nitrogen and oxygen atoms in total. The van der Waals surface area contributed by atoms with Crippen molar-refractivity contribution >= 4 is 28.6 Å². The predicted octanol–water partition coefficient (Wildman–Crippen LogP) is 2.56. The van der Waals surface area contributed by atoms with E-state index in [2.05, 4.69) is 4.98 Å². The minimum absolute atomic E-state index is 0.257. The topological polar surface area (TPSA) is 50.2 Å². The molecule has 82 valence electrons. The standard InChI is InChI=1S/C9H8F2INO2/c1-4-5(3-7(14)15)2-6(12)13-8(4)9(10)11/h2,9H,3H2,1H3,(H,14,15). The number of hydrogen-bond acceptors (Lipinski definition) is 2. The number of nitrogens with zero attached hydrogens (tertiary/aromatic N) is 1. The molecule has 0 fully saturated rings. The van der Waals surface area contributed by atoms with Gasteiger partial charge in [-0.3, -0.25) is 4.79 Å². The molecule has 0 radical (unpaired) electrons. The maximum absolute atomic E-state index is 12.5. The van der Waals surface area contributed by atoms with Crippen molar-refractivity contribution in [3.8, 4) is 0 Å². The fraction of sp³-hybridized carbons (Fsp3) is 0.333. The summed E-state index contributed by atoms with van der Waals surface area (Å²) in [6.07, 6.45) is -2.93. The molecule has 0 aliphatic carbocycles. The van der Waals surface area contributed by atoms with Crippen molar-refractivity contribution in [3.05, 3.63) is 26.6 Å². The molecule has 0 atom stereocenters. The van der Waals surface area contributed by atoms with Crippen molar-refractivity contribution in [3.63, 3.8) is 0 Å². The van der Waals surface area contributed by atoms with Gasteiger partial charge in [0, 0.05) is 0 Å². The number of aliphatic carboxylic acids is 1. The van der Waals surface area contributed by atoms with Gasteiger partial charge in [-0.1, -0.05) is 0 Å². The van der Waals surface area contributed by atoms with Gasteiger partial charge in [-0.25, -0.2) is 13.8 Å². The molecule has 1 rings (SSSR count). The fourth-order valence-electron chi connectivity index (χ4n) is 1.21. The van der Waals surface area contributed by atoms with E-state index in [0.29, 0.717) is 9.26 Å². The van der Waals surface area contributed by atoms with Gasteiger partial charge in [0.15, 0.2) is 0 Å². The van der Waals surface area contributed by atoms with Gasteiger partial charge in [0.25, 0.3) is 6.43 Å². The molecule has 0 spiro atoms. The summed E-state index contributed by atoms with van der Waals surface area (Å²) in [6, 6.07) is 1.51. The Hall–Kier alpha value is -0.790. The summed E-state index contributed by atoms with van der Waals surface area (Å²) in [5, 5.41) is 8.60. The van der Waals surface area contributed by atoms with E-state index in [4.69, 9.17) is 5.11 Å². The highest BCUT2D eigenvalue weighted by molar-refractivity contribution is 14.1. The first kappa shape index (κ1) is 12.3. The first-order valence-corrected chi connectivity index (χ1v) is 5.15. The van der Waals surface area contributed by atoms with Crippen LogP contribution in [-0.4, -0.2) is 16.1 Å². The molecule has 1 N–H and O–H groups in total. The number of pyridine rings is 1. The zero-order chi connectivity index (χ0) is 11.6. The number of alkyl halides is 2. The summed E-state index contributed by atoms with van der Waals surface area (Å²) in [6.45, 7) is 1.46. The van der Waals surface area contributed by atoms with Crippen LogP contribution < -0.4 is 0 Å². The Labute approximate surface area is 98.7 Å². The third kappa shape index (κ3) is 3.08. The molecule has 0 bridgehead atoms. The zero-order valence-electron chi connectivity index (χ0n) is 7.80. The van der Waals surface area contributed by atoms with Crippen molar-refractivity contribution < 1.29 is 18.7 Å². The number of rotatable bonds is 3. The predicted molar refractivity (Wildman–Crippen MR) is 58.0 cm³/mol. The number of aromatic nitrogens is 1. The number of carboxylic acids is 1. The van der Waals surface area contributed by atoms with Gasteiger partial charge < -0.3 is 5.11 Å². The Kier molecular flexibility index (Phi) is 3.95. The monoisotopic (exact) mass is 327 g/mol. The minimum Gasteiger partial charge on any atom is -0.481 e. The lowest BCUT2D eigenvalue weighted by Crippen LogP contribution is -2.07. The van der Waals surface area contributed by atoms with Crippen molar-refractivity contribution in [2.24, 2.45) is 0 Å². The van der Waals surface area contributed by atoms with Crippen molar-refractivity contribution in [2.45, 2.75) is 19.8 Å². The Morgan fingerprint density at radius 1 is 1.67 bits per heavy atom. The number of halogens is 3. The summed E-state index contributed by atoms with van der Waals surface area (Å²) in [5.41, 5.74) is 0.308. The smallest absolute Gasteiger partial charge is 0.307 e. The first-order chi connectivity index (χ1) is 6.91. The van der Waals surface area contributed by atoms with Gasteiger partial charge >= 0.3 is 5.97 Å². The molecule has 15 heavy (non-hydrogen) atoms. The maximum Gasteiger partial charge on any atom is 0.307 e. The lowest BCUT2D eigenvalue weighted by Gasteiger charge is -2.09. The average molecular weight is 327 g/mol. The van der Waals surface area contributed by atoms with E-state index >= 15 is 0 Å². The molecular formula is C9H8F2INO2. The van der Waals surface area contributed by atoms with Gasteiger partial charge in [-0.15, -0.1) is 0 Å². The molecule has 0 amide bonds. The highest BCUT2D eigenvalue weighted by Crippen LogP contribution is 2.24. The van der Waals surface area contributed by atoms with E-state index in [1.165, 1.54) is 13.0 Å². The third-order valence-electron chi connectivity index (χ3n) is 1.93. The van der Waals surface area contributed by atoms with Crippen molar-refractivity contribution in [1.29, 1.82) is 0 Å². The molecule has 0 saturated heterocycles. The van der Waals surface area contributed by atoms with Gasteiger partial charge in [0.2, 0.25) is 0 Å². The summed E-state index contributed by atoms with van der Waals surface area (Å²) >= 11 is 1.79. The molecule has 0 aliphatic rings. The Balaban J connectivity index is 3.21. The van der Waals surface area contributed by atoms with Gasteiger partial charge in [-0.05, 0) is 46.7 Å². The van der Waals surface area contributed by atoms with Crippen LogP contribution in [-0.2, 0) is 11.2 Å². The Morgan fingerprint density at radius 3 is 2.73 bits per heavy atom. The summed E-state index contributed by atoms with van der Waals surface area (Å²) < 4.78 is 25.4. The number of carbonyl (C=O) groups is 1. The van der Waals surface area contributed by atoms with Gasteiger partial charge in [-0.2, -0.15) is 0 Å². The quantitative estimate of drug-likeness (QED) is 0.686. The molecule has 0 aliphatic heterocycles. The molecule has 0 saturated carbocycles. The molecular weight excluding hydrogens is 319 g/mol. The van der Waals surface area contributed by atoms with Gasteiger partial charge in [0.05, 0.1) is 6.42 Å². The second-order valence-corrected chi connectivity index (χ2v) is 4.09. The summed E-state index contributed by atoms with van der Waals surface area (Å²) in [5.74, 6) is -1.04. The van der Waals surface area contributed by atoms with E-state index in [1.54, 1.807) is 22.6 Å². The largest absolute Gasteiger partial charge is 0.481 e. The van der Waals surface area contributed by atoms with E-state index in [1.807, 2.05) is 0 Å². The second-order valence-electron chi connectivity index (χ2n) is 2.99. The van der Waals surface area contributed by atoms with Crippen molar-refractivity contribution in [1.82, 2.24) is 4.98 Å². The van der Waals surface area contributed by atoms with Crippen LogP contribution in [0.2, 0.25) is 0 Å². The van der Waals surface area contributed by atoms with Crippen LogP contribution in [0.25, 0.3) is 0 Å². The van der Waals surface area contributed by atoms with Gasteiger partial charge in [0.1, 0.15) is 9.39 Å².